The molecule has 1 heterocycles. The van der Waals surface area contributed by atoms with E-state index in [4.69, 9.17) is 16.6 Å². The Hall–Kier alpha value is -2.39. The fourth-order valence-corrected chi connectivity index (χ4v) is 3.99. The van der Waals surface area contributed by atoms with Crippen molar-refractivity contribution < 1.29 is 4.79 Å². The van der Waals surface area contributed by atoms with Crippen LogP contribution in [0, 0.1) is 0 Å². The van der Waals surface area contributed by atoms with Gasteiger partial charge in [-0.25, -0.2) is 4.98 Å². The Morgan fingerprint density at radius 1 is 0.871 bits per heavy atom. The molecule has 0 saturated heterocycles. The van der Waals surface area contributed by atoms with E-state index in [1.54, 1.807) is 0 Å². The van der Waals surface area contributed by atoms with Crippen LogP contribution in [0.4, 0.5) is 0 Å². The standard InChI is InChI=1S/C27H33ClN2O/c1-2-3-4-5-6-7-8-9-12-19-29-27(31)24-20-26(21-15-17-22(28)18-16-21)30-25-14-11-10-13-23(24)25/h10-11,13-18,20H,2-9,12,19H2,1H3,(H,29,31). The number of halogens is 1. The van der Waals surface area contributed by atoms with Crippen LogP contribution < -0.4 is 5.32 Å². The van der Waals surface area contributed by atoms with Gasteiger partial charge in [0.25, 0.3) is 5.91 Å². The van der Waals surface area contributed by atoms with E-state index in [1.807, 2.05) is 54.6 Å². The van der Waals surface area contributed by atoms with Gasteiger partial charge >= 0.3 is 0 Å². The van der Waals surface area contributed by atoms with Crippen molar-refractivity contribution >= 4 is 28.4 Å². The van der Waals surface area contributed by atoms with Crippen LogP contribution in [-0.2, 0) is 0 Å². The number of rotatable bonds is 12. The molecule has 4 heteroatoms. The van der Waals surface area contributed by atoms with Gasteiger partial charge < -0.3 is 5.32 Å². The van der Waals surface area contributed by atoms with E-state index in [0.29, 0.717) is 17.1 Å². The molecule has 1 N–H and O–H groups in total. The summed E-state index contributed by atoms with van der Waals surface area (Å²) in [7, 11) is 0. The highest BCUT2D eigenvalue weighted by molar-refractivity contribution is 6.30. The summed E-state index contributed by atoms with van der Waals surface area (Å²) in [6, 6.07) is 17.3. The average molecular weight is 437 g/mol. The molecular formula is C27H33ClN2O. The van der Waals surface area contributed by atoms with Gasteiger partial charge in [-0.3, -0.25) is 4.79 Å². The Bertz CT molecular complexity index is 969. The first-order chi connectivity index (χ1) is 15.2. The van der Waals surface area contributed by atoms with Crippen molar-refractivity contribution in [2.75, 3.05) is 6.54 Å². The molecule has 3 nitrogen and oxygen atoms in total. The zero-order valence-electron chi connectivity index (χ0n) is 18.5. The van der Waals surface area contributed by atoms with Crippen LogP contribution in [0.3, 0.4) is 0 Å². The van der Waals surface area contributed by atoms with Gasteiger partial charge in [0.2, 0.25) is 0 Å². The number of hydrogen-bond acceptors (Lipinski definition) is 2. The van der Waals surface area contributed by atoms with Crippen LogP contribution in [0.5, 0.6) is 0 Å². The van der Waals surface area contributed by atoms with Crippen molar-refractivity contribution in [3.05, 3.63) is 65.2 Å². The number of amides is 1. The van der Waals surface area contributed by atoms with Crippen molar-refractivity contribution in [2.45, 2.75) is 64.7 Å². The molecule has 0 atom stereocenters. The number of fused-ring (bicyclic) bond motifs is 1. The second-order valence-electron chi connectivity index (χ2n) is 8.16. The first-order valence-corrected chi connectivity index (χ1v) is 12.0. The molecule has 164 valence electrons. The highest BCUT2D eigenvalue weighted by atomic mass is 35.5. The largest absolute Gasteiger partial charge is 0.352 e. The Labute approximate surface area is 191 Å². The van der Waals surface area contributed by atoms with Gasteiger partial charge in [-0.2, -0.15) is 0 Å². The van der Waals surface area contributed by atoms with Crippen LogP contribution >= 0.6 is 11.6 Å². The summed E-state index contributed by atoms with van der Waals surface area (Å²) in [5.41, 5.74) is 3.22. The van der Waals surface area contributed by atoms with Crippen LogP contribution in [0.2, 0.25) is 5.02 Å². The monoisotopic (exact) mass is 436 g/mol. The van der Waals surface area contributed by atoms with Crippen molar-refractivity contribution in [2.24, 2.45) is 0 Å². The second-order valence-corrected chi connectivity index (χ2v) is 8.60. The fraction of sp³-hybridized carbons (Fsp3) is 0.407. The molecule has 2 aromatic carbocycles. The molecule has 0 unspecified atom stereocenters. The fourth-order valence-electron chi connectivity index (χ4n) is 3.86. The number of pyridine rings is 1. The van der Waals surface area contributed by atoms with Gasteiger partial charge in [0, 0.05) is 22.5 Å². The molecule has 0 fully saturated rings. The summed E-state index contributed by atoms with van der Waals surface area (Å²) in [5.74, 6) is -0.0339. The van der Waals surface area contributed by atoms with Crippen molar-refractivity contribution in [1.29, 1.82) is 0 Å². The maximum absolute atomic E-state index is 13.0. The van der Waals surface area contributed by atoms with E-state index in [0.717, 1.165) is 28.6 Å². The van der Waals surface area contributed by atoms with E-state index in [-0.39, 0.29) is 5.91 Å². The number of nitrogens with one attached hydrogen (secondary N) is 1. The van der Waals surface area contributed by atoms with Crippen LogP contribution in [0.15, 0.2) is 54.6 Å². The molecule has 0 aliphatic carbocycles. The summed E-state index contributed by atoms with van der Waals surface area (Å²) < 4.78 is 0. The first-order valence-electron chi connectivity index (χ1n) is 11.6. The zero-order chi connectivity index (χ0) is 21.9. The molecule has 3 aromatic rings. The molecule has 31 heavy (non-hydrogen) atoms. The third kappa shape index (κ3) is 7.07. The predicted octanol–water partition coefficient (Wildman–Crippen LogP) is 7.82. The summed E-state index contributed by atoms with van der Waals surface area (Å²) in [4.78, 5) is 17.7. The zero-order valence-corrected chi connectivity index (χ0v) is 19.3. The third-order valence-electron chi connectivity index (χ3n) is 5.67. The minimum Gasteiger partial charge on any atom is -0.352 e. The lowest BCUT2D eigenvalue weighted by Gasteiger charge is -2.11. The lowest BCUT2D eigenvalue weighted by atomic mass is 10.0. The molecule has 0 spiro atoms. The third-order valence-corrected chi connectivity index (χ3v) is 5.92. The summed E-state index contributed by atoms with van der Waals surface area (Å²) in [5, 5.41) is 4.67. The van der Waals surface area contributed by atoms with E-state index in [1.165, 1.54) is 51.4 Å². The van der Waals surface area contributed by atoms with Gasteiger partial charge in [-0.1, -0.05) is 100 Å². The van der Waals surface area contributed by atoms with Gasteiger partial charge in [0.15, 0.2) is 0 Å². The van der Waals surface area contributed by atoms with Crippen LogP contribution in [0.25, 0.3) is 22.2 Å². The topological polar surface area (TPSA) is 42.0 Å². The van der Waals surface area contributed by atoms with Crippen molar-refractivity contribution in [1.82, 2.24) is 10.3 Å². The molecular weight excluding hydrogens is 404 g/mol. The first kappa shape index (κ1) is 23.3. The number of carbonyl (C=O) groups excluding carboxylic acids is 1. The normalized spacial score (nSPS) is 11.0. The van der Waals surface area contributed by atoms with Gasteiger partial charge in [0.05, 0.1) is 16.8 Å². The number of carbonyl (C=O) groups is 1. The van der Waals surface area contributed by atoms with E-state index in [9.17, 15) is 4.79 Å². The summed E-state index contributed by atoms with van der Waals surface area (Å²) >= 11 is 6.02. The Kier molecular flexibility index (Phi) is 9.36. The number of para-hydroxylation sites is 1. The number of benzene rings is 2. The van der Waals surface area contributed by atoms with Gasteiger partial charge in [0.1, 0.15) is 0 Å². The Morgan fingerprint density at radius 2 is 1.52 bits per heavy atom. The molecule has 1 aromatic heterocycles. The molecule has 0 saturated carbocycles. The smallest absolute Gasteiger partial charge is 0.252 e. The highest BCUT2D eigenvalue weighted by Crippen LogP contribution is 2.26. The molecule has 1 amide bonds. The molecule has 0 aliphatic rings. The maximum atomic E-state index is 13.0. The van der Waals surface area contributed by atoms with Crippen molar-refractivity contribution in [3.63, 3.8) is 0 Å². The van der Waals surface area contributed by atoms with E-state index in [2.05, 4.69) is 12.2 Å². The van der Waals surface area contributed by atoms with E-state index >= 15 is 0 Å². The molecule has 3 rings (SSSR count). The van der Waals surface area contributed by atoms with Gasteiger partial charge in [-0.15, -0.1) is 0 Å². The minimum absolute atomic E-state index is 0.0339. The van der Waals surface area contributed by atoms with E-state index < -0.39 is 0 Å². The maximum Gasteiger partial charge on any atom is 0.252 e. The lowest BCUT2D eigenvalue weighted by molar-refractivity contribution is 0.0954. The predicted molar refractivity (Wildman–Crippen MR) is 132 cm³/mol. The quantitative estimate of drug-likeness (QED) is 0.294. The highest BCUT2D eigenvalue weighted by Gasteiger charge is 2.13. The van der Waals surface area contributed by atoms with Crippen LogP contribution in [-0.4, -0.2) is 17.4 Å². The number of hydrogen-bond donors (Lipinski definition) is 1. The number of unbranched alkanes of at least 4 members (excludes halogenated alkanes) is 8. The summed E-state index contributed by atoms with van der Waals surface area (Å²) in [6.07, 6.45) is 11.5. The molecule has 0 bridgehead atoms. The Balaban J connectivity index is 1.57. The minimum atomic E-state index is -0.0339. The number of nitrogens with zero attached hydrogens (tertiary/aromatic N) is 1. The second kappa shape index (κ2) is 12.5. The summed E-state index contributed by atoms with van der Waals surface area (Å²) in [6.45, 7) is 2.96. The van der Waals surface area contributed by atoms with Crippen molar-refractivity contribution in [3.8, 4) is 11.3 Å². The van der Waals surface area contributed by atoms with Crippen LogP contribution in [0.1, 0.15) is 75.1 Å². The average Bonchev–Trinajstić information content (AvgIpc) is 2.80. The molecule has 0 radical (unpaired) electrons. The van der Waals surface area contributed by atoms with Gasteiger partial charge in [-0.05, 0) is 30.7 Å². The SMILES string of the molecule is CCCCCCCCCCCNC(=O)c1cc(-c2ccc(Cl)cc2)nc2ccccc12. The number of aromatic nitrogens is 1. The lowest BCUT2D eigenvalue weighted by Crippen LogP contribution is -2.24. The molecule has 0 aliphatic heterocycles. The Morgan fingerprint density at radius 3 is 2.23 bits per heavy atom.